The molecule has 0 aromatic heterocycles. The van der Waals surface area contributed by atoms with Crippen molar-refractivity contribution in [3.63, 3.8) is 0 Å². The van der Waals surface area contributed by atoms with E-state index in [0.717, 1.165) is 39.0 Å². The smallest absolute Gasteiger partial charge is 0.227 e. The number of amides is 1. The molecular weight excluding hydrogens is 164 g/mol. The number of nitrogens with one attached hydrogen (secondary N) is 1. The highest BCUT2D eigenvalue weighted by Gasteiger charge is 2.25. The Bertz CT molecular complexity index is 211. The second-order valence-electron chi connectivity index (χ2n) is 3.76. The van der Waals surface area contributed by atoms with Crippen molar-refractivity contribution in [3.8, 4) is 0 Å². The van der Waals surface area contributed by atoms with Crippen molar-refractivity contribution in [2.24, 2.45) is 5.92 Å². The SMILES string of the molecule is O=C([C@H]1CCCNC1)N1CC=CC1. The van der Waals surface area contributed by atoms with Gasteiger partial charge in [-0.2, -0.15) is 0 Å². The summed E-state index contributed by atoms with van der Waals surface area (Å²) in [6, 6.07) is 0. The van der Waals surface area contributed by atoms with Gasteiger partial charge in [-0.15, -0.1) is 0 Å². The standard InChI is InChI=1S/C10H16N2O/c13-10(12-6-1-2-7-12)9-4-3-5-11-8-9/h1-2,9,11H,3-8H2/t9-/m0/s1. The molecular formula is C10H16N2O. The lowest BCUT2D eigenvalue weighted by Crippen LogP contribution is -2.42. The zero-order valence-electron chi connectivity index (χ0n) is 7.83. The summed E-state index contributed by atoms with van der Waals surface area (Å²) in [6.45, 7) is 3.57. The fourth-order valence-electron chi connectivity index (χ4n) is 1.98. The minimum Gasteiger partial charge on any atom is -0.335 e. The second-order valence-corrected chi connectivity index (χ2v) is 3.76. The lowest BCUT2D eigenvalue weighted by atomic mass is 9.98. The zero-order valence-corrected chi connectivity index (χ0v) is 7.83. The van der Waals surface area contributed by atoms with E-state index in [0.29, 0.717) is 5.91 Å². The van der Waals surface area contributed by atoms with E-state index in [9.17, 15) is 4.79 Å². The van der Waals surface area contributed by atoms with Crippen LogP contribution in [0.5, 0.6) is 0 Å². The molecule has 3 heteroatoms. The highest BCUT2D eigenvalue weighted by molar-refractivity contribution is 5.79. The van der Waals surface area contributed by atoms with E-state index in [-0.39, 0.29) is 5.92 Å². The number of nitrogens with zero attached hydrogens (tertiary/aromatic N) is 1. The normalized spacial score (nSPS) is 28.0. The summed E-state index contributed by atoms with van der Waals surface area (Å²) >= 11 is 0. The topological polar surface area (TPSA) is 32.3 Å². The van der Waals surface area contributed by atoms with E-state index < -0.39 is 0 Å². The van der Waals surface area contributed by atoms with Gasteiger partial charge in [0, 0.05) is 19.6 Å². The molecule has 0 aromatic rings. The Hall–Kier alpha value is -0.830. The first-order chi connectivity index (χ1) is 6.38. The summed E-state index contributed by atoms with van der Waals surface area (Å²) in [7, 11) is 0. The first-order valence-corrected chi connectivity index (χ1v) is 5.02. The monoisotopic (exact) mass is 180 g/mol. The maximum atomic E-state index is 11.8. The summed E-state index contributed by atoms with van der Waals surface area (Å²) in [5, 5.41) is 3.27. The summed E-state index contributed by atoms with van der Waals surface area (Å²) in [5.41, 5.74) is 0. The largest absolute Gasteiger partial charge is 0.335 e. The van der Waals surface area contributed by atoms with Crippen molar-refractivity contribution >= 4 is 5.91 Å². The predicted molar refractivity (Wildman–Crippen MR) is 51.3 cm³/mol. The molecule has 2 aliphatic heterocycles. The Kier molecular flexibility index (Phi) is 2.64. The third kappa shape index (κ3) is 1.91. The van der Waals surface area contributed by atoms with Crippen molar-refractivity contribution < 1.29 is 4.79 Å². The number of rotatable bonds is 1. The van der Waals surface area contributed by atoms with Crippen LogP contribution in [0.2, 0.25) is 0 Å². The van der Waals surface area contributed by atoms with E-state index in [1.165, 1.54) is 0 Å². The van der Waals surface area contributed by atoms with Gasteiger partial charge in [0.25, 0.3) is 0 Å². The van der Waals surface area contributed by atoms with Crippen LogP contribution in [0.25, 0.3) is 0 Å². The molecule has 0 bridgehead atoms. The fraction of sp³-hybridized carbons (Fsp3) is 0.700. The molecule has 0 spiro atoms. The quantitative estimate of drug-likeness (QED) is 0.592. The summed E-state index contributed by atoms with van der Waals surface area (Å²) in [5.74, 6) is 0.561. The summed E-state index contributed by atoms with van der Waals surface area (Å²) in [6.07, 6.45) is 6.32. The van der Waals surface area contributed by atoms with Crippen molar-refractivity contribution in [3.05, 3.63) is 12.2 Å². The van der Waals surface area contributed by atoms with Gasteiger partial charge in [-0.25, -0.2) is 0 Å². The lowest BCUT2D eigenvalue weighted by Gasteiger charge is -2.26. The molecule has 0 unspecified atom stereocenters. The number of hydrogen-bond acceptors (Lipinski definition) is 2. The van der Waals surface area contributed by atoms with Gasteiger partial charge in [0.2, 0.25) is 5.91 Å². The third-order valence-electron chi connectivity index (χ3n) is 2.78. The molecule has 1 fully saturated rings. The van der Waals surface area contributed by atoms with Crippen molar-refractivity contribution in [2.75, 3.05) is 26.2 Å². The lowest BCUT2D eigenvalue weighted by molar-refractivity contribution is -0.134. The summed E-state index contributed by atoms with van der Waals surface area (Å²) in [4.78, 5) is 13.8. The van der Waals surface area contributed by atoms with Crippen molar-refractivity contribution in [1.29, 1.82) is 0 Å². The molecule has 2 rings (SSSR count). The van der Waals surface area contributed by atoms with Gasteiger partial charge in [0.15, 0.2) is 0 Å². The fourth-order valence-corrected chi connectivity index (χ4v) is 1.98. The van der Waals surface area contributed by atoms with Crippen LogP contribution in [0.15, 0.2) is 12.2 Å². The van der Waals surface area contributed by atoms with Gasteiger partial charge in [0.05, 0.1) is 5.92 Å². The number of hydrogen-bond donors (Lipinski definition) is 1. The average molecular weight is 180 g/mol. The van der Waals surface area contributed by atoms with Crippen LogP contribution < -0.4 is 5.32 Å². The van der Waals surface area contributed by atoms with E-state index in [1.54, 1.807) is 0 Å². The van der Waals surface area contributed by atoms with E-state index >= 15 is 0 Å². The molecule has 0 aromatic carbocycles. The van der Waals surface area contributed by atoms with Crippen LogP contribution in [-0.4, -0.2) is 37.0 Å². The van der Waals surface area contributed by atoms with Crippen LogP contribution in [0.1, 0.15) is 12.8 Å². The van der Waals surface area contributed by atoms with Crippen molar-refractivity contribution in [2.45, 2.75) is 12.8 Å². The van der Waals surface area contributed by atoms with Crippen LogP contribution in [-0.2, 0) is 4.79 Å². The molecule has 2 heterocycles. The third-order valence-corrected chi connectivity index (χ3v) is 2.78. The second kappa shape index (κ2) is 3.92. The molecule has 3 nitrogen and oxygen atoms in total. The Morgan fingerprint density at radius 3 is 2.77 bits per heavy atom. The maximum absolute atomic E-state index is 11.8. The van der Waals surface area contributed by atoms with Crippen molar-refractivity contribution in [1.82, 2.24) is 10.2 Å². The molecule has 13 heavy (non-hydrogen) atoms. The number of piperidine rings is 1. The van der Waals surface area contributed by atoms with Gasteiger partial charge in [-0.3, -0.25) is 4.79 Å². The van der Waals surface area contributed by atoms with E-state index in [4.69, 9.17) is 0 Å². The highest BCUT2D eigenvalue weighted by atomic mass is 16.2. The Morgan fingerprint density at radius 2 is 2.15 bits per heavy atom. The molecule has 1 amide bonds. The number of carbonyl (C=O) groups is 1. The first kappa shape index (κ1) is 8.75. The molecule has 72 valence electrons. The van der Waals surface area contributed by atoms with Crippen LogP contribution in [0.4, 0.5) is 0 Å². The maximum Gasteiger partial charge on any atom is 0.227 e. The van der Waals surface area contributed by atoms with Crippen LogP contribution in [0, 0.1) is 5.92 Å². The Labute approximate surface area is 78.8 Å². The molecule has 1 atom stereocenters. The van der Waals surface area contributed by atoms with Crippen LogP contribution >= 0.6 is 0 Å². The molecule has 0 saturated carbocycles. The van der Waals surface area contributed by atoms with E-state index in [1.807, 2.05) is 4.90 Å². The van der Waals surface area contributed by atoms with Gasteiger partial charge >= 0.3 is 0 Å². The van der Waals surface area contributed by atoms with Gasteiger partial charge in [-0.1, -0.05) is 12.2 Å². The van der Waals surface area contributed by atoms with Gasteiger partial charge in [0.1, 0.15) is 0 Å². The van der Waals surface area contributed by atoms with Gasteiger partial charge in [-0.05, 0) is 19.4 Å². The zero-order chi connectivity index (χ0) is 9.10. The molecule has 0 aliphatic carbocycles. The predicted octanol–water partition coefficient (Wildman–Crippen LogP) is 0.384. The van der Waals surface area contributed by atoms with E-state index in [2.05, 4.69) is 17.5 Å². The average Bonchev–Trinajstić information content (AvgIpc) is 2.71. The summed E-state index contributed by atoms with van der Waals surface area (Å²) < 4.78 is 0. The molecule has 1 saturated heterocycles. The molecule has 0 radical (unpaired) electrons. The molecule has 2 aliphatic rings. The number of carbonyl (C=O) groups excluding carboxylic acids is 1. The van der Waals surface area contributed by atoms with Gasteiger partial charge < -0.3 is 10.2 Å². The first-order valence-electron chi connectivity index (χ1n) is 5.02. The minimum absolute atomic E-state index is 0.230. The minimum atomic E-state index is 0.230. The van der Waals surface area contributed by atoms with Crippen LogP contribution in [0.3, 0.4) is 0 Å². The molecule has 1 N–H and O–H groups in total. The Morgan fingerprint density at radius 1 is 1.38 bits per heavy atom. The Balaban J connectivity index is 1.88. The highest BCUT2D eigenvalue weighted by Crippen LogP contribution is 2.14.